The van der Waals surface area contributed by atoms with Gasteiger partial charge in [0.1, 0.15) is 5.82 Å². The van der Waals surface area contributed by atoms with Gasteiger partial charge in [-0.25, -0.2) is 4.98 Å². The molecule has 0 aliphatic heterocycles. The number of hydrogen-bond donors (Lipinski definition) is 1. The van der Waals surface area contributed by atoms with Crippen LogP contribution in [0.4, 0.5) is 0 Å². The van der Waals surface area contributed by atoms with Gasteiger partial charge in [0.2, 0.25) is 0 Å². The van der Waals surface area contributed by atoms with Crippen molar-refractivity contribution in [1.82, 2.24) is 14.9 Å². The van der Waals surface area contributed by atoms with Gasteiger partial charge in [0, 0.05) is 19.2 Å². The van der Waals surface area contributed by atoms with Gasteiger partial charge < -0.3 is 9.88 Å². The number of fused-ring (bicyclic) bond motifs is 2. The molecule has 4 nitrogen and oxygen atoms in total. The summed E-state index contributed by atoms with van der Waals surface area (Å²) in [7, 11) is 1.98. The van der Waals surface area contributed by atoms with Crippen molar-refractivity contribution in [2.75, 3.05) is 0 Å². The number of hydrogen-bond acceptors (Lipinski definition) is 2. The van der Waals surface area contributed by atoms with Crippen molar-refractivity contribution in [1.29, 1.82) is 0 Å². The van der Waals surface area contributed by atoms with E-state index < -0.39 is 0 Å². The number of nitrogens with one attached hydrogen (secondary N) is 1. The fourth-order valence-corrected chi connectivity index (χ4v) is 3.19. The molecular weight excluding hydrogens is 310 g/mol. The van der Waals surface area contributed by atoms with Crippen LogP contribution in [0.1, 0.15) is 21.7 Å². The third-order valence-electron chi connectivity index (χ3n) is 4.69. The van der Waals surface area contributed by atoms with Crippen LogP contribution in [0, 0.1) is 6.92 Å². The predicted molar refractivity (Wildman–Crippen MR) is 101 cm³/mol. The summed E-state index contributed by atoms with van der Waals surface area (Å²) in [6.07, 6.45) is 0. The molecule has 25 heavy (non-hydrogen) atoms. The lowest BCUT2D eigenvalue weighted by atomic mass is 10.0. The Labute approximate surface area is 146 Å². The Bertz CT molecular complexity index is 1090. The third-order valence-corrected chi connectivity index (χ3v) is 4.69. The fraction of sp³-hybridized carbons (Fsp3) is 0.143. The number of aryl methyl sites for hydroxylation is 2. The summed E-state index contributed by atoms with van der Waals surface area (Å²) in [5, 5.41) is 5.37. The van der Waals surface area contributed by atoms with Crippen molar-refractivity contribution in [3.8, 4) is 0 Å². The van der Waals surface area contributed by atoms with E-state index in [2.05, 4.69) is 28.5 Å². The zero-order valence-corrected chi connectivity index (χ0v) is 14.3. The Morgan fingerprint density at radius 1 is 1.08 bits per heavy atom. The van der Waals surface area contributed by atoms with Crippen LogP contribution in [0.2, 0.25) is 0 Å². The van der Waals surface area contributed by atoms with Crippen molar-refractivity contribution in [3.05, 3.63) is 77.6 Å². The van der Waals surface area contributed by atoms with Crippen LogP contribution in [-0.2, 0) is 13.6 Å². The van der Waals surface area contributed by atoms with Gasteiger partial charge in [-0.2, -0.15) is 0 Å². The van der Waals surface area contributed by atoms with E-state index in [0.29, 0.717) is 12.1 Å². The van der Waals surface area contributed by atoms with Crippen LogP contribution in [0.25, 0.3) is 21.8 Å². The number of aromatic nitrogens is 2. The van der Waals surface area contributed by atoms with E-state index >= 15 is 0 Å². The predicted octanol–water partition coefficient (Wildman–Crippen LogP) is 3.96. The second kappa shape index (κ2) is 6.06. The summed E-state index contributed by atoms with van der Waals surface area (Å²) in [6.45, 7) is 2.46. The first-order chi connectivity index (χ1) is 12.1. The molecule has 1 N–H and O–H groups in total. The van der Waals surface area contributed by atoms with Crippen LogP contribution in [-0.4, -0.2) is 15.5 Å². The molecule has 1 aromatic heterocycles. The highest BCUT2D eigenvalue weighted by Gasteiger charge is 2.10. The molecule has 0 bridgehead atoms. The fourth-order valence-electron chi connectivity index (χ4n) is 3.19. The van der Waals surface area contributed by atoms with Crippen molar-refractivity contribution >= 4 is 27.7 Å². The summed E-state index contributed by atoms with van der Waals surface area (Å²) in [6, 6.07) is 20.0. The van der Waals surface area contributed by atoms with Crippen LogP contribution in [0.5, 0.6) is 0 Å². The molecule has 4 aromatic rings. The van der Waals surface area contributed by atoms with E-state index in [-0.39, 0.29) is 5.91 Å². The molecule has 1 heterocycles. The Hall–Kier alpha value is -3.14. The topological polar surface area (TPSA) is 46.9 Å². The molecule has 0 aliphatic carbocycles. The highest BCUT2D eigenvalue weighted by atomic mass is 16.1. The number of nitrogens with zero attached hydrogens (tertiary/aromatic N) is 2. The Morgan fingerprint density at radius 2 is 1.88 bits per heavy atom. The molecule has 0 fully saturated rings. The van der Waals surface area contributed by atoms with E-state index in [1.54, 1.807) is 0 Å². The number of amides is 1. The minimum Gasteiger partial charge on any atom is -0.348 e. The first-order valence-corrected chi connectivity index (χ1v) is 8.31. The first-order valence-electron chi connectivity index (χ1n) is 8.31. The maximum Gasteiger partial charge on any atom is 0.251 e. The standard InChI is InChI=1S/C21H19N3O/c1-14-23-19-12-16(10-11-20(19)24(14)2)21(25)22-13-17-8-5-7-15-6-3-4-9-18(15)17/h3-12H,13H2,1-2H3,(H,22,25). The smallest absolute Gasteiger partial charge is 0.251 e. The maximum absolute atomic E-state index is 12.5. The van der Waals surface area contributed by atoms with E-state index in [9.17, 15) is 4.79 Å². The molecule has 0 radical (unpaired) electrons. The average molecular weight is 329 g/mol. The summed E-state index contributed by atoms with van der Waals surface area (Å²) in [5.74, 6) is 0.849. The van der Waals surface area contributed by atoms with Crippen molar-refractivity contribution in [3.63, 3.8) is 0 Å². The summed E-state index contributed by atoms with van der Waals surface area (Å²) in [5.41, 5.74) is 3.62. The SMILES string of the molecule is Cc1nc2cc(C(=O)NCc3cccc4ccccc34)ccc2n1C. The lowest BCUT2D eigenvalue weighted by Crippen LogP contribution is -2.22. The van der Waals surface area contributed by atoms with Gasteiger partial charge in [0.05, 0.1) is 11.0 Å². The maximum atomic E-state index is 12.5. The van der Waals surface area contributed by atoms with Crippen LogP contribution >= 0.6 is 0 Å². The second-order valence-corrected chi connectivity index (χ2v) is 6.24. The van der Waals surface area contributed by atoms with Crippen LogP contribution in [0.15, 0.2) is 60.7 Å². The largest absolute Gasteiger partial charge is 0.348 e. The molecule has 1 amide bonds. The first kappa shape index (κ1) is 15.4. The normalized spacial score (nSPS) is 11.1. The lowest BCUT2D eigenvalue weighted by molar-refractivity contribution is 0.0951. The highest BCUT2D eigenvalue weighted by molar-refractivity contribution is 5.97. The lowest BCUT2D eigenvalue weighted by Gasteiger charge is -2.09. The van der Waals surface area contributed by atoms with Crippen molar-refractivity contribution < 1.29 is 4.79 Å². The van der Waals surface area contributed by atoms with Crippen LogP contribution in [0.3, 0.4) is 0 Å². The molecule has 124 valence electrons. The molecule has 3 aromatic carbocycles. The summed E-state index contributed by atoms with van der Waals surface area (Å²) < 4.78 is 2.02. The monoisotopic (exact) mass is 329 g/mol. The summed E-state index contributed by atoms with van der Waals surface area (Å²) in [4.78, 5) is 17.0. The minimum atomic E-state index is -0.0851. The van der Waals surface area contributed by atoms with E-state index in [0.717, 1.165) is 22.4 Å². The number of benzene rings is 3. The average Bonchev–Trinajstić information content (AvgIpc) is 2.93. The molecule has 0 spiro atoms. The quantitative estimate of drug-likeness (QED) is 0.618. The van der Waals surface area contributed by atoms with Crippen molar-refractivity contribution in [2.24, 2.45) is 7.05 Å². The number of carbonyl (C=O) groups excluding carboxylic acids is 1. The zero-order valence-electron chi connectivity index (χ0n) is 14.3. The van der Waals surface area contributed by atoms with Gasteiger partial charge in [0.25, 0.3) is 5.91 Å². The minimum absolute atomic E-state index is 0.0851. The molecule has 0 saturated carbocycles. The Morgan fingerprint density at radius 3 is 2.76 bits per heavy atom. The van der Waals surface area contributed by atoms with E-state index in [1.807, 2.05) is 61.0 Å². The molecule has 0 saturated heterocycles. The zero-order chi connectivity index (χ0) is 17.4. The Kier molecular flexibility index (Phi) is 3.73. The number of imidazole rings is 1. The number of rotatable bonds is 3. The molecular formula is C21H19N3O. The molecule has 0 unspecified atom stereocenters. The van der Waals surface area contributed by atoms with Gasteiger partial charge >= 0.3 is 0 Å². The Balaban J connectivity index is 1.57. The van der Waals surface area contributed by atoms with Gasteiger partial charge in [-0.15, -0.1) is 0 Å². The molecule has 0 atom stereocenters. The van der Waals surface area contributed by atoms with Gasteiger partial charge in [-0.1, -0.05) is 42.5 Å². The van der Waals surface area contributed by atoms with Gasteiger partial charge in [-0.05, 0) is 41.5 Å². The molecule has 0 aliphatic rings. The third kappa shape index (κ3) is 2.76. The number of carbonyl (C=O) groups is 1. The van der Waals surface area contributed by atoms with Gasteiger partial charge in [0.15, 0.2) is 0 Å². The second-order valence-electron chi connectivity index (χ2n) is 6.24. The van der Waals surface area contributed by atoms with Gasteiger partial charge in [-0.3, -0.25) is 4.79 Å². The summed E-state index contributed by atoms with van der Waals surface area (Å²) >= 11 is 0. The van der Waals surface area contributed by atoms with E-state index in [4.69, 9.17) is 0 Å². The molecule has 4 rings (SSSR count). The molecule has 4 heteroatoms. The van der Waals surface area contributed by atoms with Crippen LogP contribution < -0.4 is 5.32 Å². The van der Waals surface area contributed by atoms with E-state index in [1.165, 1.54) is 10.8 Å². The highest BCUT2D eigenvalue weighted by Crippen LogP contribution is 2.19. The van der Waals surface area contributed by atoms with Crippen molar-refractivity contribution in [2.45, 2.75) is 13.5 Å².